The van der Waals surface area contributed by atoms with Gasteiger partial charge in [0.15, 0.2) is 5.60 Å². The molecule has 0 aromatic heterocycles. The molecule has 1 heterocycles. The van der Waals surface area contributed by atoms with Crippen molar-refractivity contribution in [3.63, 3.8) is 0 Å². The predicted molar refractivity (Wildman–Crippen MR) is 89.9 cm³/mol. The van der Waals surface area contributed by atoms with Crippen molar-refractivity contribution in [3.8, 4) is 0 Å². The van der Waals surface area contributed by atoms with E-state index in [9.17, 15) is 14.7 Å². The fourth-order valence-electron chi connectivity index (χ4n) is 2.45. The number of rotatable bonds is 4. The largest absolute Gasteiger partial charge is 0.466 e. The Balaban J connectivity index is 1.75. The SMILES string of the molecule is CC1(O)C(=O)C2=COC(COCc3ccccc3)=CC2=C(Br)C1=O. The molecular formula is C18H15BrO5. The van der Waals surface area contributed by atoms with Crippen molar-refractivity contribution in [1.82, 2.24) is 0 Å². The van der Waals surface area contributed by atoms with Crippen molar-refractivity contribution < 1.29 is 24.2 Å². The van der Waals surface area contributed by atoms with Crippen molar-refractivity contribution in [3.05, 3.63) is 69.6 Å². The normalized spacial score (nSPS) is 23.5. The molecule has 1 atom stereocenters. The zero-order chi connectivity index (χ0) is 17.3. The summed E-state index contributed by atoms with van der Waals surface area (Å²) in [7, 11) is 0. The molecule has 0 spiro atoms. The van der Waals surface area contributed by atoms with Gasteiger partial charge in [-0.1, -0.05) is 30.3 Å². The number of ketones is 2. The average molecular weight is 391 g/mol. The van der Waals surface area contributed by atoms with E-state index in [1.54, 1.807) is 6.08 Å². The lowest BCUT2D eigenvalue weighted by molar-refractivity contribution is -0.144. The van der Waals surface area contributed by atoms with Gasteiger partial charge >= 0.3 is 0 Å². The molecule has 0 radical (unpaired) electrons. The topological polar surface area (TPSA) is 72.8 Å². The van der Waals surface area contributed by atoms with Crippen LogP contribution in [-0.4, -0.2) is 28.9 Å². The van der Waals surface area contributed by atoms with Crippen LogP contribution >= 0.6 is 15.9 Å². The van der Waals surface area contributed by atoms with E-state index in [1.807, 2.05) is 30.3 Å². The Bertz CT molecular complexity index is 787. The zero-order valence-electron chi connectivity index (χ0n) is 12.9. The summed E-state index contributed by atoms with van der Waals surface area (Å²) in [6.07, 6.45) is 2.83. The Kier molecular flexibility index (Phi) is 4.54. The van der Waals surface area contributed by atoms with Crippen molar-refractivity contribution in [2.45, 2.75) is 19.1 Å². The van der Waals surface area contributed by atoms with Gasteiger partial charge in [-0.25, -0.2) is 0 Å². The maximum atomic E-state index is 12.2. The lowest BCUT2D eigenvalue weighted by Gasteiger charge is -2.29. The van der Waals surface area contributed by atoms with Gasteiger partial charge in [0.25, 0.3) is 0 Å². The number of allylic oxidation sites excluding steroid dienone is 2. The number of hydrogen-bond donors (Lipinski definition) is 1. The van der Waals surface area contributed by atoms with E-state index in [2.05, 4.69) is 15.9 Å². The molecule has 0 fully saturated rings. The van der Waals surface area contributed by atoms with Crippen LogP contribution in [0.1, 0.15) is 12.5 Å². The molecule has 0 saturated heterocycles. The number of aliphatic hydroxyl groups is 1. The molecule has 0 saturated carbocycles. The molecule has 1 aliphatic heterocycles. The van der Waals surface area contributed by atoms with E-state index < -0.39 is 17.2 Å². The van der Waals surface area contributed by atoms with Gasteiger partial charge in [-0.2, -0.15) is 0 Å². The summed E-state index contributed by atoms with van der Waals surface area (Å²) >= 11 is 3.17. The van der Waals surface area contributed by atoms with Gasteiger partial charge in [-0.15, -0.1) is 0 Å². The summed E-state index contributed by atoms with van der Waals surface area (Å²) in [5.41, 5.74) is -0.476. The standard InChI is InChI=1S/C18H15BrO5/c1-18(22)16(20)14-10-24-12(7-13(14)15(19)17(18)21)9-23-8-11-5-3-2-4-6-11/h2-7,10,22H,8-9H2,1H3. The number of halogens is 1. The highest BCUT2D eigenvalue weighted by Crippen LogP contribution is 2.37. The Morgan fingerprint density at radius 3 is 2.58 bits per heavy atom. The minimum Gasteiger partial charge on any atom is -0.466 e. The fourth-order valence-corrected chi connectivity index (χ4v) is 3.16. The second kappa shape index (κ2) is 6.47. The molecule has 0 bridgehead atoms. The van der Waals surface area contributed by atoms with E-state index in [0.717, 1.165) is 5.56 Å². The summed E-state index contributed by atoms with van der Waals surface area (Å²) < 4.78 is 11.2. The molecule has 5 nitrogen and oxygen atoms in total. The Morgan fingerprint density at radius 1 is 1.17 bits per heavy atom. The van der Waals surface area contributed by atoms with Crippen LogP contribution in [0, 0.1) is 0 Å². The molecule has 1 unspecified atom stereocenters. The van der Waals surface area contributed by atoms with E-state index in [0.29, 0.717) is 17.9 Å². The first-order chi connectivity index (χ1) is 11.4. The number of fused-ring (bicyclic) bond motifs is 1. The number of benzene rings is 1. The minimum atomic E-state index is -2.08. The van der Waals surface area contributed by atoms with Crippen LogP contribution in [0.3, 0.4) is 0 Å². The van der Waals surface area contributed by atoms with Crippen LogP contribution in [0.15, 0.2) is 64.1 Å². The molecule has 1 aromatic rings. The maximum Gasteiger partial charge on any atom is 0.209 e. The van der Waals surface area contributed by atoms with Crippen LogP contribution < -0.4 is 0 Å². The van der Waals surface area contributed by atoms with E-state index in [1.165, 1.54) is 13.2 Å². The third-order valence-electron chi connectivity index (χ3n) is 3.84. The Hall–Kier alpha value is -2.02. The lowest BCUT2D eigenvalue weighted by atomic mass is 9.80. The van der Waals surface area contributed by atoms with Crippen molar-refractivity contribution in [1.29, 1.82) is 0 Å². The molecule has 124 valence electrons. The van der Waals surface area contributed by atoms with Crippen LogP contribution in [0.4, 0.5) is 0 Å². The van der Waals surface area contributed by atoms with E-state index >= 15 is 0 Å². The van der Waals surface area contributed by atoms with Gasteiger partial charge in [0.1, 0.15) is 18.6 Å². The summed E-state index contributed by atoms with van der Waals surface area (Å²) in [5, 5.41) is 10.0. The van der Waals surface area contributed by atoms with Gasteiger partial charge in [0, 0.05) is 5.57 Å². The van der Waals surface area contributed by atoms with Crippen LogP contribution in [0.25, 0.3) is 0 Å². The van der Waals surface area contributed by atoms with Gasteiger partial charge in [0.05, 0.1) is 16.7 Å². The van der Waals surface area contributed by atoms with Crippen molar-refractivity contribution in [2.75, 3.05) is 6.61 Å². The lowest BCUT2D eigenvalue weighted by Crippen LogP contribution is -2.48. The monoisotopic (exact) mass is 390 g/mol. The van der Waals surface area contributed by atoms with Gasteiger partial charge in [0.2, 0.25) is 11.6 Å². The quantitative estimate of drug-likeness (QED) is 0.799. The molecule has 3 rings (SSSR count). The molecule has 6 heteroatoms. The van der Waals surface area contributed by atoms with Crippen LogP contribution in [0.5, 0.6) is 0 Å². The first-order valence-corrected chi connectivity index (χ1v) is 8.11. The predicted octanol–water partition coefficient (Wildman–Crippen LogP) is 2.55. The maximum absolute atomic E-state index is 12.2. The molecule has 1 aromatic carbocycles. The highest BCUT2D eigenvalue weighted by atomic mass is 79.9. The highest BCUT2D eigenvalue weighted by Gasteiger charge is 2.47. The number of Topliss-reactive ketones (excluding diaryl/α,β-unsaturated/α-hetero) is 2. The van der Waals surface area contributed by atoms with Gasteiger partial charge < -0.3 is 14.6 Å². The second-order valence-corrected chi connectivity index (χ2v) is 6.49. The number of ether oxygens (including phenoxy) is 2. The summed E-state index contributed by atoms with van der Waals surface area (Å²) in [4.78, 5) is 24.3. The Morgan fingerprint density at radius 2 is 1.88 bits per heavy atom. The van der Waals surface area contributed by atoms with Crippen molar-refractivity contribution >= 4 is 27.5 Å². The first kappa shape index (κ1) is 16.8. The van der Waals surface area contributed by atoms with E-state index in [-0.39, 0.29) is 16.7 Å². The third kappa shape index (κ3) is 3.00. The zero-order valence-corrected chi connectivity index (χ0v) is 14.5. The fraction of sp³-hybridized carbons (Fsp3) is 0.222. The summed E-state index contributed by atoms with van der Waals surface area (Å²) in [6.45, 7) is 1.80. The molecule has 2 aliphatic rings. The van der Waals surface area contributed by atoms with Crippen LogP contribution in [0.2, 0.25) is 0 Å². The van der Waals surface area contributed by atoms with E-state index in [4.69, 9.17) is 9.47 Å². The number of carbonyl (C=O) groups excluding carboxylic acids is 2. The molecule has 24 heavy (non-hydrogen) atoms. The molecule has 1 aliphatic carbocycles. The molecular weight excluding hydrogens is 376 g/mol. The molecule has 1 N–H and O–H groups in total. The van der Waals surface area contributed by atoms with Crippen LogP contribution in [-0.2, 0) is 25.7 Å². The number of hydrogen-bond acceptors (Lipinski definition) is 5. The second-order valence-electron chi connectivity index (χ2n) is 5.70. The average Bonchev–Trinajstić information content (AvgIpc) is 2.59. The van der Waals surface area contributed by atoms with Gasteiger partial charge in [-0.05, 0) is 34.5 Å². The summed E-state index contributed by atoms with van der Waals surface area (Å²) in [5.74, 6) is -0.864. The minimum absolute atomic E-state index is 0.155. The van der Waals surface area contributed by atoms with Crippen molar-refractivity contribution in [2.24, 2.45) is 0 Å². The number of carbonyl (C=O) groups is 2. The highest BCUT2D eigenvalue weighted by molar-refractivity contribution is 9.12. The first-order valence-electron chi connectivity index (χ1n) is 7.32. The third-order valence-corrected chi connectivity index (χ3v) is 4.63. The van der Waals surface area contributed by atoms with Gasteiger partial charge in [-0.3, -0.25) is 9.59 Å². The summed E-state index contributed by atoms with van der Waals surface area (Å²) in [6, 6.07) is 9.69. The Labute approximate surface area is 147 Å². The smallest absolute Gasteiger partial charge is 0.209 e. The molecule has 0 amide bonds.